The van der Waals surface area contributed by atoms with Crippen LogP contribution < -0.4 is 0 Å². The summed E-state index contributed by atoms with van der Waals surface area (Å²) in [6, 6.07) is 8.62. The number of likely N-dealkylation sites (tertiary alicyclic amines) is 1. The van der Waals surface area contributed by atoms with E-state index >= 15 is 0 Å². The van der Waals surface area contributed by atoms with Crippen LogP contribution in [0.5, 0.6) is 0 Å². The van der Waals surface area contributed by atoms with Gasteiger partial charge in [-0.05, 0) is 56.5 Å². The molecule has 1 aliphatic rings. The van der Waals surface area contributed by atoms with Crippen LogP contribution in [0.1, 0.15) is 25.3 Å². The van der Waals surface area contributed by atoms with Crippen molar-refractivity contribution >= 4 is 27.5 Å². The Morgan fingerprint density at radius 3 is 2.41 bits per heavy atom. The summed E-state index contributed by atoms with van der Waals surface area (Å²) in [5.74, 6) is 0.706. The summed E-state index contributed by atoms with van der Waals surface area (Å²) >= 11 is 9.62. The Balaban J connectivity index is 1.84. The van der Waals surface area contributed by atoms with E-state index in [0.717, 1.165) is 11.0 Å². The van der Waals surface area contributed by atoms with E-state index in [1.807, 2.05) is 0 Å². The molecular formula is C14H19BrClN. The van der Waals surface area contributed by atoms with Gasteiger partial charge in [-0.2, -0.15) is 0 Å². The molecule has 0 N–H and O–H groups in total. The molecule has 0 amide bonds. The lowest BCUT2D eigenvalue weighted by Crippen LogP contribution is -2.35. The molecule has 3 heteroatoms. The smallest absolute Gasteiger partial charge is 0.0337 e. The molecular weight excluding hydrogens is 298 g/mol. The standard InChI is InChI=1S/C14H19BrClN/c1-11(16)13-6-8-17(9-7-13)10-12-2-4-14(15)5-3-12/h2-5,11,13H,6-10H2,1H3. The van der Waals surface area contributed by atoms with Crippen molar-refractivity contribution < 1.29 is 0 Å². The Hall–Kier alpha value is -0.0500. The quantitative estimate of drug-likeness (QED) is 0.752. The van der Waals surface area contributed by atoms with Gasteiger partial charge in [0.1, 0.15) is 0 Å². The first kappa shape index (κ1) is 13.4. The van der Waals surface area contributed by atoms with Crippen molar-refractivity contribution in [1.29, 1.82) is 0 Å². The van der Waals surface area contributed by atoms with E-state index in [1.165, 1.54) is 31.5 Å². The lowest BCUT2D eigenvalue weighted by Gasteiger charge is -2.33. The van der Waals surface area contributed by atoms with Gasteiger partial charge in [-0.15, -0.1) is 11.6 Å². The van der Waals surface area contributed by atoms with Gasteiger partial charge in [0.15, 0.2) is 0 Å². The van der Waals surface area contributed by atoms with Crippen molar-refractivity contribution in [2.45, 2.75) is 31.7 Å². The average Bonchev–Trinajstić information content (AvgIpc) is 2.33. The maximum absolute atomic E-state index is 6.16. The van der Waals surface area contributed by atoms with Gasteiger partial charge in [0.05, 0.1) is 0 Å². The number of hydrogen-bond acceptors (Lipinski definition) is 1. The van der Waals surface area contributed by atoms with Crippen molar-refractivity contribution in [3.63, 3.8) is 0 Å². The Kier molecular flexibility index (Phi) is 4.89. The fourth-order valence-electron chi connectivity index (χ4n) is 2.42. The van der Waals surface area contributed by atoms with Crippen LogP contribution >= 0.6 is 27.5 Å². The Morgan fingerprint density at radius 2 is 1.88 bits per heavy atom. The first-order valence-corrected chi connectivity index (χ1v) is 7.49. The molecule has 0 spiro atoms. The van der Waals surface area contributed by atoms with Crippen LogP contribution in [-0.2, 0) is 6.54 Å². The molecule has 1 aromatic carbocycles. The van der Waals surface area contributed by atoms with Crippen LogP contribution in [0, 0.1) is 5.92 Å². The van der Waals surface area contributed by atoms with Crippen LogP contribution in [0.2, 0.25) is 0 Å². The summed E-state index contributed by atoms with van der Waals surface area (Å²) in [4.78, 5) is 2.53. The monoisotopic (exact) mass is 315 g/mol. The largest absolute Gasteiger partial charge is 0.299 e. The Morgan fingerprint density at radius 1 is 1.29 bits per heavy atom. The maximum atomic E-state index is 6.16. The Bertz CT molecular complexity index is 342. The van der Waals surface area contributed by atoms with Crippen molar-refractivity contribution in [3.05, 3.63) is 34.3 Å². The van der Waals surface area contributed by atoms with E-state index < -0.39 is 0 Å². The topological polar surface area (TPSA) is 3.24 Å². The van der Waals surface area contributed by atoms with Gasteiger partial charge >= 0.3 is 0 Å². The number of benzene rings is 1. The third-order valence-corrected chi connectivity index (χ3v) is 4.49. The number of nitrogens with zero attached hydrogens (tertiary/aromatic N) is 1. The number of piperidine rings is 1. The summed E-state index contributed by atoms with van der Waals surface area (Å²) < 4.78 is 1.15. The van der Waals surface area contributed by atoms with Gasteiger partial charge in [0, 0.05) is 16.4 Å². The van der Waals surface area contributed by atoms with E-state index in [2.05, 4.69) is 52.0 Å². The van der Waals surface area contributed by atoms with E-state index in [0.29, 0.717) is 11.3 Å². The van der Waals surface area contributed by atoms with Gasteiger partial charge < -0.3 is 0 Å². The zero-order valence-electron chi connectivity index (χ0n) is 10.2. The van der Waals surface area contributed by atoms with Crippen LogP contribution in [-0.4, -0.2) is 23.4 Å². The number of rotatable bonds is 3. The lowest BCUT2D eigenvalue weighted by atomic mass is 9.94. The molecule has 1 saturated heterocycles. The number of halogens is 2. The molecule has 1 fully saturated rings. The van der Waals surface area contributed by atoms with E-state index in [4.69, 9.17) is 11.6 Å². The summed E-state index contributed by atoms with van der Waals surface area (Å²) in [5, 5.41) is 0.324. The molecule has 1 nitrogen and oxygen atoms in total. The van der Waals surface area contributed by atoms with Crippen LogP contribution in [0.3, 0.4) is 0 Å². The number of hydrogen-bond donors (Lipinski definition) is 0. The molecule has 1 aromatic rings. The SMILES string of the molecule is CC(Cl)C1CCN(Cc2ccc(Br)cc2)CC1. The van der Waals surface area contributed by atoms with Crippen LogP contribution in [0.25, 0.3) is 0 Å². The normalized spacial score (nSPS) is 20.4. The highest BCUT2D eigenvalue weighted by molar-refractivity contribution is 9.10. The average molecular weight is 317 g/mol. The molecule has 1 aliphatic heterocycles. The lowest BCUT2D eigenvalue weighted by molar-refractivity contribution is 0.176. The fraction of sp³-hybridized carbons (Fsp3) is 0.571. The second kappa shape index (κ2) is 6.21. The molecule has 0 radical (unpaired) electrons. The van der Waals surface area contributed by atoms with Gasteiger partial charge in [-0.1, -0.05) is 28.1 Å². The molecule has 1 atom stereocenters. The first-order valence-electron chi connectivity index (χ1n) is 6.26. The molecule has 0 bridgehead atoms. The number of alkyl halides is 1. The zero-order valence-corrected chi connectivity index (χ0v) is 12.5. The molecule has 2 rings (SSSR count). The van der Waals surface area contributed by atoms with Gasteiger partial charge in [-0.25, -0.2) is 0 Å². The summed E-state index contributed by atoms with van der Waals surface area (Å²) in [6.45, 7) is 5.54. The summed E-state index contributed by atoms with van der Waals surface area (Å²) in [5.41, 5.74) is 1.39. The minimum atomic E-state index is 0.324. The second-order valence-corrected chi connectivity index (χ2v) is 6.52. The summed E-state index contributed by atoms with van der Waals surface area (Å²) in [7, 11) is 0. The zero-order chi connectivity index (χ0) is 12.3. The molecule has 0 aliphatic carbocycles. The minimum Gasteiger partial charge on any atom is -0.299 e. The molecule has 17 heavy (non-hydrogen) atoms. The van der Waals surface area contributed by atoms with Gasteiger partial charge in [0.25, 0.3) is 0 Å². The third kappa shape index (κ3) is 3.97. The van der Waals surface area contributed by atoms with E-state index in [-0.39, 0.29) is 0 Å². The second-order valence-electron chi connectivity index (χ2n) is 4.92. The van der Waals surface area contributed by atoms with Crippen LogP contribution in [0.15, 0.2) is 28.7 Å². The molecule has 1 unspecified atom stereocenters. The molecule has 0 saturated carbocycles. The molecule has 94 valence electrons. The highest BCUT2D eigenvalue weighted by atomic mass is 79.9. The molecule has 1 heterocycles. The third-order valence-electron chi connectivity index (χ3n) is 3.60. The van der Waals surface area contributed by atoms with Crippen LogP contribution in [0.4, 0.5) is 0 Å². The highest BCUT2D eigenvalue weighted by Gasteiger charge is 2.22. The van der Waals surface area contributed by atoms with Gasteiger partial charge in [-0.3, -0.25) is 4.90 Å². The fourth-order valence-corrected chi connectivity index (χ4v) is 2.93. The molecule has 0 aromatic heterocycles. The van der Waals surface area contributed by atoms with Crippen molar-refractivity contribution in [2.24, 2.45) is 5.92 Å². The highest BCUT2D eigenvalue weighted by Crippen LogP contribution is 2.24. The van der Waals surface area contributed by atoms with E-state index in [1.54, 1.807) is 0 Å². The van der Waals surface area contributed by atoms with Gasteiger partial charge in [0.2, 0.25) is 0 Å². The van der Waals surface area contributed by atoms with Crippen molar-refractivity contribution in [3.8, 4) is 0 Å². The summed E-state index contributed by atoms with van der Waals surface area (Å²) in [6.07, 6.45) is 2.47. The first-order chi connectivity index (χ1) is 8.15. The predicted molar refractivity (Wildman–Crippen MR) is 77.5 cm³/mol. The van der Waals surface area contributed by atoms with E-state index in [9.17, 15) is 0 Å². The van der Waals surface area contributed by atoms with Crippen molar-refractivity contribution in [1.82, 2.24) is 4.90 Å². The predicted octanol–water partition coefficient (Wildman–Crippen LogP) is 4.29. The maximum Gasteiger partial charge on any atom is 0.0337 e. The minimum absolute atomic E-state index is 0.324. The van der Waals surface area contributed by atoms with Crippen molar-refractivity contribution in [2.75, 3.05) is 13.1 Å². The Labute approximate surface area is 117 Å².